The molecule has 1 saturated heterocycles. The van der Waals surface area contributed by atoms with Gasteiger partial charge in [0, 0.05) is 18.1 Å². The average molecular weight is 561 g/mol. The highest BCUT2D eigenvalue weighted by Gasteiger charge is 2.39. The van der Waals surface area contributed by atoms with E-state index in [-0.39, 0.29) is 42.6 Å². The fourth-order valence-electron chi connectivity index (χ4n) is 3.72. The van der Waals surface area contributed by atoms with E-state index in [2.05, 4.69) is 0 Å². The van der Waals surface area contributed by atoms with E-state index in [0.717, 1.165) is 16.4 Å². The number of anilines is 2. The fourth-order valence-corrected chi connectivity index (χ4v) is 6.96. The van der Waals surface area contributed by atoms with Gasteiger partial charge in [-0.3, -0.25) is 0 Å². The van der Waals surface area contributed by atoms with Crippen LogP contribution in [-0.4, -0.2) is 47.4 Å². The van der Waals surface area contributed by atoms with Gasteiger partial charge in [0.15, 0.2) is 0 Å². The Morgan fingerprint density at radius 2 is 1.33 bits per heavy atom. The summed E-state index contributed by atoms with van der Waals surface area (Å²) in [5, 5.41) is 0.291. The number of halogens is 4. The molecule has 192 valence electrons. The van der Waals surface area contributed by atoms with E-state index in [1.54, 1.807) is 0 Å². The smallest absolute Gasteiger partial charge is 0.379 e. The molecule has 0 bridgehead atoms. The van der Waals surface area contributed by atoms with Crippen LogP contribution < -0.4 is 4.31 Å². The van der Waals surface area contributed by atoms with Crippen LogP contribution in [0.3, 0.4) is 0 Å². The zero-order valence-electron chi connectivity index (χ0n) is 18.5. The zero-order chi connectivity index (χ0) is 26.1. The predicted molar refractivity (Wildman–Crippen MR) is 128 cm³/mol. The third-order valence-corrected chi connectivity index (χ3v) is 9.43. The van der Waals surface area contributed by atoms with Gasteiger partial charge in [-0.1, -0.05) is 23.7 Å². The van der Waals surface area contributed by atoms with Gasteiger partial charge in [-0.05, 0) is 60.7 Å². The fraction of sp³-hybridized carbons (Fsp3) is 0.217. The number of nitrogens with zero attached hydrogens (tertiary/aromatic N) is 2. The summed E-state index contributed by atoms with van der Waals surface area (Å²) in [4.78, 5) is -1.03. The van der Waals surface area contributed by atoms with E-state index < -0.39 is 36.7 Å². The molecular weight excluding hydrogens is 541 g/mol. The number of hydrogen-bond acceptors (Lipinski definition) is 5. The Morgan fingerprint density at radius 3 is 1.89 bits per heavy atom. The van der Waals surface area contributed by atoms with Crippen molar-refractivity contribution in [2.75, 3.05) is 30.6 Å². The first-order valence-corrected chi connectivity index (χ1v) is 13.8. The van der Waals surface area contributed by atoms with Gasteiger partial charge in [0.1, 0.15) is 4.90 Å². The van der Waals surface area contributed by atoms with Crippen molar-refractivity contribution in [1.29, 1.82) is 0 Å². The Bertz CT molecular complexity index is 1440. The van der Waals surface area contributed by atoms with Crippen molar-refractivity contribution in [2.45, 2.75) is 16.0 Å². The van der Waals surface area contributed by atoms with Crippen LogP contribution in [0, 0.1) is 0 Å². The summed E-state index contributed by atoms with van der Waals surface area (Å²) in [5.41, 5.74) is -1.37. The first-order chi connectivity index (χ1) is 16.9. The minimum atomic E-state index is -4.93. The van der Waals surface area contributed by atoms with Gasteiger partial charge in [0.25, 0.3) is 10.0 Å². The van der Waals surface area contributed by atoms with E-state index in [4.69, 9.17) is 16.3 Å². The van der Waals surface area contributed by atoms with E-state index in [0.29, 0.717) is 11.1 Å². The molecule has 0 aromatic heterocycles. The second kappa shape index (κ2) is 10.0. The molecule has 0 saturated carbocycles. The van der Waals surface area contributed by atoms with Gasteiger partial charge in [-0.15, -0.1) is 0 Å². The van der Waals surface area contributed by atoms with Crippen molar-refractivity contribution in [2.24, 2.45) is 0 Å². The van der Waals surface area contributed by atoms with Crippen LogP contribution in [-0.2, 0) is 31.0 Å². The summed E-state index contributed by atoms with van der Waals surface area (Å²) in [6.45, 7) is 0.838. The molecule has 7 nitrogen and oxygen atoms in total. The molecule has 13 heteroatoms. The molecule has 0 N–H and O–H groups in total. The third-order valence-electron chi connectivity index (χ3n) is 5.45. The standard InChI is InChI=1S/C23H20ClF3N2O5S2/c24-17-5-7-18(8-6-17)29(36(32,33)22-4-2-1-3-21(22)23(25,26)27)19-9-11-20(12-10-19)35(30,31)28-13-15-34-16-14-28/h1-12H,13-16H2. The van der Waals surface area contributed by atoms with E-state index in [1.165, 1.54) is 58.9 Å². The molecule has 4 rings (SSSR count). The summed E-state index contributed by atoms with van der Waals surface area (Å²) >= 11 is 5.93. The largest absolute Gasteiger partial charge is 0.417 e. The molecule has 1 fully saturated rings. The molecule has 36 heavy (non-hydrogen) atoms. The van der Waals surface area contributed by atoms with Crippen LogP contribution in [0.15, 0.2) is 82.6 Å². The van der Waals surface area contributed by atoms with Gasteiger partial charge in [-0.2, -0.15) is 17.5 Å². The van der Waals surface area contributed by atoms with Crippen LogP contribution in [0.5, 0.6) is 0 Å². The maximum Gasteiger partial charge on any atom is 0.417 e. The quantitative estimate of drug-likeness (QED) is 0.428. The summed E-state index contributed by atoms with van der Waals surface area (Å²) in [6, 6.07) is 14.2. The topological polar surface area (TPSA) is 84.0 Å². The molecule has 3 aromatic rings. The highest BCUT2D eigenvalue weighted by Crippen LogP contribution is 2.39. The second-order valence-electron chi connectivity index (χ2n) is 7.75. The molecule has 3 aromatic carbocycles. The van der Waals surface area contributed by atoms with Crippen molar-refractivity contribution < 1.29 is 34.7 Å². The molecule has 0 radical (unpaired) electrons. The van der Waals surface area contributed by atoms with Crippen molar-refractivity contribution >= 4 is 43.0 Å². The molecule has 0 atom stereocenters. The first-order valence-electron chi connectivity index (χ1n) is 10.6. The zero-order valence-corrected chi connectivity index (χ0v) is 20.9. The molecule has 0 unspecified atom stereocenters. The normalized spacial score (nSPS) is 15.6. The van der Waals surface area contributed by atoms with Gasteiger partial charge in [0.05, 0.1) is 35.0 Å². The van der Waals surface area contributed by atoms with Gasteiger partial charge in [-0.25, -0.2) is 21.1 Å². The lowest BCUT2D eigenvalue weighted by Gasteiger charge is -2.27. The Balaban J connectivity index is 1.83. The molecule has 0 amide bonds. The van der Waals surface area contributed by atoms with Gasteiger partial charge >= 0.3 is 6.18 Å². The number of morpholine rings is 1. The molecule has 1 aliphatic rings. The van der Waals surface area contributed by atoms with Crippen LogP contribution in [0.1, 0.15) is 5.56 Å². The molecular formula is C23H20ClF3N2O5S2. The Kier molecular flexibility index (Phi) is 7.35. The van der Waals surface area contributed by atoms with Crippen molar-refractivity contribution in [3.8, 4) is 0 Å². The lowest BCUT2D eigenvalue weighted by Crippen LogP contribution is -2.40. The minimum Gasteiger partial charge on any atom is -0.379 e. The number of alkyl halides is 3. The van der Waals surface area contributed by atoms with Gasteiger partial charge < -0.3 is 4.74 Å². The highest BCUT2D eigenvalue weighted by atomic mass is 35.5. The highest BCUT2D eigenvalue weighted by molar-refractivity contribution is 7.93. The summed E-state index contributed by atoms with van der Waals surface area (Å²) in [7, 11) is -8.68. The minimum absolute atomic E-state index is 0.0140. The van der Waals surface area contributed by atoms with E-state index in [1.807, 2.05) is 0 Å². The lowest BCUT2D eigenvalue weighted by atomic mass is 10.2. The van der Waals surface area contributed by atoms with Crippen LogP contribution in [0.4, 0.5) is 24.5 Å². The third kappa shape index (κ3) is 5.23. The summed E-state index contributed by atoms with van der Waals surface area (Å²) in [5.74, 6) is 0. The van der Waals surface area contributed by atoms with Crippen LogP contribution in [0.25, 0.3) is 0 Å². The Morgan fingerprint density at radius 1 is 0.806 bits per heavy atom. The predicted octanol–water partition coefficient (Wildman–Crippen LogP) is 4.91. The number of sulfonamides is 2. The molecule has 1 aliphatic heterocycles. The first kappa shape index (κ1) is 26.4. The monoisotopic (exact) mass is 560 g/mol. The van der Waals surface area contributed by atoms with Crippen LogP contribution in [0.2, 0.25) is 5.02 Å². The number of rotatable bonds is 6. The molecule has 0 spiro atoms. The molecule has 1 heterocycles. The molecule has 0 aliphatic carbocycles. The maximum absolute atomic E-state index is 13.7. The Hall–Kier alpha value is -2.64. The van der Waals surface area contributed by atoms with Crippen molar-refractivity contribution in [1.82, 2.24) is 4.31 Å². The van der Waals surface area contributed by atoms with E-state index in [9.17, 15) is 30.0 Å². The average Bonchev–Trinajstić information content (AvgIpc) is 2.86. The SMILES string of the molecule is O=S(=O)(c1ccc(N(c2ccc(Cl)cc2)S(=O)(=O)c2ccccc2C(F)(F)F)cc1)N1CCOCC1. The second-order valence-corrected chi connectivity index (χ2v) is 11.9. The van der Waals surface area contributed by atoms with Gasteiger partial charge in [0.2, 0.25) is 10.0 Å². The van der Waals surface area contributed by atoms with Crippen LogP contribution >= 0.6 is 11.6 Å². The lowest BCUT2D eigenvalue weighted by molar-refractivity contribution is -0.139. The van der Waals surface area contributed by atoms with E-state index >= 15 is 0 Å². The number of benzene rings is 3. The maximum atomic E-state index is 13.7. The summed E-state index contributed by atoms with van der Waals surface area (Å²) in [6.07, 6.45) is -4.93. The number of ether oxygens (including phenoxy) is 1. The Labute approximate surface area is 211 Å². The van der Waals surface area contributed by atoms with Crippen molar-refractivity contribution in [3.63, 3.8) is 0 Å². The summed E-state index contributed by atoms with van der Waals surface area (Å²) < 4.78 is 101. The van der Waals surface area contributed by atoms with Crippen molar-refractivity contribution in [3.05, 3.63) is 83.4 Å². The number of hydrogen-bond donors (Lipinski definition) is 0.